The van der Waals surface area contributed by atoms with Crippen LogP contribution in [0, 0.1) is 31.6 Å². The van der Waals surface area contributed by atoms with Crippen LogP contribution in [0.25, 0.3) is 0 Å². The summed E-state index contributed by atoms with van der Waals surface area (Å²) < 4.78 is 4.96. The molecule has 0 aromatic heterocycles. The molecule has 212 valence electrons. The molecule has 0 aliphatic carbocycles. The molecule has 6 atom stereocenters. The summed E-state index contributed by atoms with van der Waals surface area (Å²) >= 11 is 1.66. The fourth-order valence-electron chi connectivity index (χ4n) is 6.79. The van der Waals surface area contributed by atoms with Crippen LogP contribution in [0.3, 0.4) is 0 Å². The first kappa shape index (κ1) is 29.4. The minimum Gasteiger partial charge on any atom is -0.465 e. The van der Waals surface area contributed by atoms with Gasteiger partial charge in [0.2, 0.25) is 5.91 Å². The fourth-order valence-corrected chi connectivity index (χ4v) is 9.20. The van der Waals surface area contributed by atoms with Crippen LogP contribution in [0.1, 0.15) is 50.2 Å². The monoisotopic (exact) mass is 554 g/mol. The molecule has 2 bridgehead atoms. The number of fused-ring (bicyclic) bond motifs is 1. The number of carbonyl (C=O) groups is 3. The molecule has 8 heteroatoms. The Morgan fingerprint density at radius 2 is 2.00 bits per heavy atom. The SMILES string of the molecule is C=CCCCOC(=O)[C@@H]1[C@H]2C(=O)N(CCCCO)C(C(=O)N(CC=C)c3cc(C)ccc3C)C23S[C@@H]1CC3C. The third kappa shape index (κ3) is 5.18. The summed E-state index contributed by atoms with van der Waals surface area (Å²) in [5.74, 6) is -1.69. The van der Waals surface area contributed by atoms with E-state index in [2.05, 4.69) is 20.1 Å². The number of likely N-dealkylation sites (tertiary alicyclic amines) is 1. The van der Waals surface area contributed by atoms with Gasteiger partial charge >= 0.3 is 5.97 Å². The van der Waals surface area contributed by atoms with E-state index in [0.717, 1.165) is 29.7 Å². The van der Waals surface area contributed by atoms with Gasteiger partial charge in [0.15, 0.2) is 0 Å². The third-order valence-electron chi connectivity index (χ3n) is 8.59. The third-order valence-corrected chi connectivity index (χ3v) is 10.7. The van der Waals surface area contributed by atoms with Crippen molar-refractivity contribution in [1.29, 1.82) is 0 Å². The molecule has 7 nitrogen and oxygen atoms in total. The molecular weight excluding hydrogens is 512 g/mol. The molecule has 4 rings (SSSR count). The van der Waals surface area contributed by atoms with Gasteiger partial charge in [-0.25, -0.2) is 0 Å². The van der Waals surface area contributed by atoms with Gasteiger partial charge in [-0.1, -0.05) is 31.2 Å². The highest BCUT2D eigenvalue weighted by Crippen LogP contribution is 2.68. The van der Waals surface area contributed by atoms with E-state index in [-0.39, 0.29) is 35.6 Å². The van der Waals surface area contributed by atoms with Gasteiger partial charge in [-0.3, -0.25) is 14.4 Å². The number of aryl methyl sites for hydroxylation is 2. The van der Waals surface area contributed by atoms with Gasteiger partial charge in [0.05, 0.1) is 23.2 Å². The van der Waals surface area contributed by atoms with Crippen molar-refractivity contribution < 1.29 is 24.2 Å². The Hall–Kier alpha value is -2.58. The maximum absolute atomic E-state index is 14.7. The summed E-state index contributed by atoms with van der Waals surface area (Å²) in [6.45, 7) is 14.7. The average Bonchev–Trinajstić information content (AvgIpc) is 3.50. The molecule has 0 saturated carbocycles. The van der Waals surface area contributed by atoms with E-state index in [4.69, 9.17) is 4.74 Å². The van der Waals surface area contributed by atoms with E-state index in [9.17, 15) is 19.5 Å². The number of benzene rings is 1. The number of nitrogens with zero attached hydrogens (tertiary/aromatic N) is 2. The van der Waals surface area contributed by atoms with Gasteiger partial charge < -0.3 is 19.6 Å². The van der Waals surface area contributed by atoms with Crippen LogP contribution in [0.5, 0.6) is 0 Å². The van der Waals surface area contributed by atoms with Crippen LogP contribution >= 0.6 is 11.8 Å². The minimum absolute atomic E-state index is 0.0210. The Kier molecular flexibility index (Phi) is 9.27. The van der Waals surface area contributed by atoms with Crippen LogP contribution in [0.2, 0.25) is 0 Å². The molecule has 39 heavy (non-hydrogen) atoms. The predicted molar refractivity (Wildman–Crippen MR) is 156 cm³/mol. The molecule has 1 spiro atoms. The lowest BCUT2D eigenvalue weighted by molar-refractivity contribution is -0.154. The molecule has 3 aliphatic rings. The van der Waals surface area contributed by atoms with Crippen molar-refractivity contribution in [2.24, 2.45) is 17.8 Å². The van der Waals surface area contributed by atoms with E-state index in [0.29, 0.717) is 39.0 Å². The predicted octanol–water partition coefficient (Wildman–Crippen LogP) is 4.44. The van der Waals surface area contributed by atoms with Crippen molar-refractivity contribution in [3.8, 4) is 0 Å². The topological polar surface area (TPSA) is 87.1 Å². The number of allylic oxidation sites excluding steroid dienone is 1. The molecule has 3 fully saturated rings. The molecule has 3 unspecified atom stereocenters. The number of anilines is 1. The zero-order valence-corrected chi connectivity index (χ0v) is 24.3. The summed E-state index contributed by atoms with van der Waals surface area (Å²) in [6, 6.07) is 5.32. The highest BCUT2D eigenvalue weighted by molar-refractivity contribution is 8.02. The summed E-state index contributed by atoms with van der Waals surface area (Å²) in [4.78, 5) is 45.7. The van der Waals surface area contributed by atoms with Gasteiger partial charge in [-0.2, -0.15) is 0 Å². The van der Waals surface area contributed by atoms with Crippen molar-refractivity contribution in [2.45, 2.75) is 68.9 Å². The maximum Gasteiger partial charge on any atom is 0.310 e. The lowest BCUT2D eigenvalue weighted by Gasteiger charge is -2.40. The number of amides is 2. The summed E-state index contributed by atoms with van der Waals surface area (Å²) in [6.07, 6.45) is 6.85. The highest BCUT2D eigenvalue weighted by atomic mass is 32.2. The average molecular weight is 555 g/mol. The van der Waals surface area contributed by atoms with Crippen LogP contribution < -0.4 is 4.90 Å². The van der Waals surface area contributed by atoms with Crippen molar-refractivity contribution in [3.05, 3.63) is 54.6 Å². The first-order chi connectivity index (χ1) is 18.7. The number of esters is 1. The standard InChI is InChI=1S/C31H42N2O5S/c1-6-8-11-17-38-30(37)25-24-19-22(5)31(39-24)26(25)28(35)33(15-9-10-16-34)27(31)29(36)32(14-7-2)23-18-20(3)12-13-21(23)4/h6-7,12-13,18,22,24-27,34H,1-2,8-11,14-17,19H2,3-5H3/t22?,24-,25+,26+,27?,31?/m1/s1. The molecule has 3 saturated heterocycles. The molecule has 2 amide bonds. The minimum atomic E-state index is -0.711. The fraction of sp³-hybridized carbons (Fsp3) is 0.581. The number of thioether (sulfide) groups is 1. The van der Waals surface area contributed by atoms with Crippen molar-refractivity contribution in [2.75, 3.05) is 31.2 Å². The van der Waals surface area contributed by atoms with Crippen molar-refractivity contribution >= 4 is 35.2 Å². The van der Waals surface area contributed by atoms with E-state index in [1.165, 1.54) is 0 Å². The summed E-state index contributed by atoms with van der Waals surface area (Å²) in [5.41, 5.74) is 2.82. The number of hydrogen-bond acceptors (Lipinski definition) is 6. The second-order valence-electron chi connectivity index (χ2n) is 11.1. The van der Waals surface area contributed by atoms with Crippen LogP contribution in [-0.4, -0.2) is 70.1 Å². The molecule has 1 N–H and O–H groups in total. The van der Waals surface area contributed by atoms with Gasteiger partial charge in [-0.05, 0) is 69.1 Å². The first-order valence-electron chi connectivity index (χ1n) is 14.1. The summed E-state index contributed by atoms with van der Waals surface area (Å²) in [7, 11) is 0. The highest BCUT2D eigenvalue weighted by Gasteiger charge is 2.76. The first-order valence-corrected chi connectivity index (χ1v) is 15.0. The van der Waals surface area contributed by atoms with Crippen LogP contribution in [0.15, 0.2) is 43.5 Å². The van der Waals surface area contributed by atoms with Crippen LogP contribution in [0.4, 0.5) is 5.69 Å². The van der Waals surface area contributed by atoms with Crippen LogP contribution in [-0.2, 0) is 19.1 Å². The smallest absolute Gasteiger partial charge is 0.310 e. The number of carbonyl (C=O) groups excluding carboxylic acids is 3. The second-order valence-corrected chi connectivity index (χ2v) is 12.7. The number of aliphatic hydroxyl groups excluding tert-OH is 1. The lowest BCUT2D eigenvalue weighted by Crippen LogP contribution is -2.57. The number of ether oxygens (including phenoxy) is 1. The van der Waals surface area contributed by atoms with E-state index in [1.54, 1.807) is 33.7 Å². The Morgan fingerprint density at radius 3 is 2.69 bits per heavy atom. The molecule has 3 aliphatic heterocycles. The summed E-state index contributed by atoms with van der Waals surface area (Å²) in [5, 5.41) is 9.37. The largest absolute Gasteiger partial charge is 0.465 e. The van der Waals surface area contributed by atoms with Gasteiger partial charge in [0.1, 0.15) is 6.04 Å². The molecule has 3 heterocycles. The van der Waals surface area contributed by atoms with Gasteiger partial charge in [0.25, 0.3) is 5.91 Å². The van der Waals surface area contributed by atoms with Crippen molar-refractivity contribution in [3.63, 3.8) is 0 Å². The molecule has 1 aromatic carbocycles. The zero-order chi connectivity index (χ0) is 28.3. The molecule has 1 aromatic rings. The zero-order valence-electron chi connectivity index (χ0n) is 23.4. The van der Waals surface area contributed by atoms with E-state index < -0.39 is 22.6 Å². The van der Waals surface area contributed by atoms with E-state index >= 15 is 0 Å². The number of aliphatic hydroxyl groups is 1. The number of hydrogen-bond donors (Lipinski definition) is 1. The normalized spacial score (nSPS) is 28.9. The Morgan fingerprint density at radius 1 is 1.23 bits per heavy atom. The Bertz CT molecular complexity index is 1120. The van der Waals surface area contributed by atoms with Gasteiger partial charge in [-0.15, -0.1) is 24.9 Å². The number of unbranched alkanes of at least 4 members (excludes halogenated alkanes) is 2. The van der Waals surface area contributed by atoms with E-state index in [1.807, 2.05) is 32.0 Å². The maximum atomic E-state index is 14.7. The Labute approximate surface area is 236 Å². The molecular formula is C31H42N2O5S. The Balaban J connectivity index is 1.74. The number of rotatable bonds is 13. The molecule has 0 radical (unpaired) electrons. The quantitative estimate of drug-likeness (QED) is 0.220. The van der Waals surface area contributed by atoms with Gasteiger partial charge in [0, 0.05) is 30.6 Å². The lowest BCUT2D eigenvalue weighted by atomic mass is 9.66. The second kappa shape index (κ2) is 12.3. The van der Waals surface area contributed by atoms with Crippen molar-refractivity contribution in [1.82, 2.24) is 4.90 Å².